The topological polar surface area (TPSA) is 92.2 Å². The molecule has 3 heterocycles. The molecule has 0 radical (unpaired) electrons. The van der Waals surface area contributed by atoms with E-state index in [1.165, 1.54) is 22.3 Å². The van der Waals surface area contributed by atoms with E-state index in [0.717, 1.165) is 44.2 Å². The van der Waals surface area contributed by atoms with Crippen LogP contribution in [-0.4, -0.2) is 50.6 Å². The average molecular weight is 411 g/mol. The number of benzene rings is 1. The third-order valence-corrected chi connectivity index (χ3v) is 6.27. The number of carbonyl (C=O) groups is 2. The molecule has 0 saturated carbocycles. The highest BCUT2D eigenvalue weighted by Crippen LogP contribution is 2.19. The van der Waals surface area contributed by atoms with Crippen LogP contribution in [0.1, 0.15) is 46.7 Å². The third-order valence-electron chi connectivity index (χ3n) is 6.27. The van der Waals surface area contributed by atoms with Gasteiger partial charge in [0.15, 0.2) is 5.82 Å². The largest absolute Gasteiger partial charge is 0.347 e. The molecule has 1 unspecified atom stereocenters. The van der Waals surface area contributed by atoms with Crippen molar-refractivity contribution in [3.63, 3.8) is 0 Å². The molecule has 0 aliphatic carbocycles. The van der Waals surface area contributed by atoms with E-state index in [1.807, 2.05) is 0 Å². The van der Waals surface area contributed by atoms with Gasteiger partial charge in [-0.15, -0.1) is 10.2 Å². The zero-order valence-electron chi connectivity index (χ0n) is 18.0. The fourth-order valence-electron chi connectivity index (χ4n) is 4.25. The van der Waals surface area contributed by atoms with Crippen molar-refractivity contribution in [1.29, 1.82) is 0 Å². The van der Waals surface area contributed by atoms with Gasteiger partial charge in [0.25, 0.3) is 0 Å². The second-order valence-corrected chi connectivity index (χ2v) is 8.45. The Labute approximate surface area is 177 Å². The molecule has 1 aromatic carbocycles. The highest BCUT2D eigenvalue weighted by Gasteiger charge is 2.27. The van der Waals surface area contributed by atoms with Gasteiger partial charge < -0.3 is 15.2 Å². The van der Waals surface area contributed by atoms with E-state index in [2.05, 4.69) is 63.2 Å². The monoisotopic (exact) mass is 410 g/mol. The van der Waals surface area contributed by atoms with Crippen LogP contribution in [0.15, 0.2) is 12.1 Å². The van der Waals surface area contributed by atoms with Gasteiger partial charge in [0.05, 0.1) is 6.54 Å². The summed E-state index contributed by atoms with van der Waals surface area (Å²) in [6.45, 7) is 10.4. The van der Waals surface area contributed by atoms with Crippen molar-refractivity contribution in [2.45, 2.75) is 65.7 Å². The van der Waals surface area contributed by atoms with Crippen molar-refractivity contribution in [2.75, 3.05) is 13.1 Å². The first-order valence-electron chi connectivity index (χ1n) is 10.7. The van der Waals surface area contributed by atoms with E-state index < -0.39 is 6.04 Å². The van der Waals surface area contributed by atoms with E-state index in [9.17, 15) is 9.59 Å². The Morgan fingerprint density at radius 3 is 2.67 bits per heavy atom. The Kier molecular flexibility index (Phi) is 5.85. The first-order valence-corrected chi connectivity index (χ1v) is 10.7. The Morgan fingerprint density at radius 2 is 1.90 bits per heavy atom. The predicted octanol–water partition coefficient (Wildman–Crippen LogP) is 1.16. The van der Waals surface area contributed by atoms with Gasteiger partial charge in [-0.3, -0.25) is 14.5 Å². The second-order valence-electron chi connectivity index (χ2n) is 8.45. The van der Waals surface area contributed by atoms with Gasteiger partial charge in [-0.1, -0.05) is 12.1 Å². The summed E-state index contributed by atoms with van der Waals surface area (Å²) < 4.78 is 2.13. The fraction of sp³-hybridized carbons (Fsp3) is 0.545. The van der Waals surface area contributed by atoms with Gasteiger partial charge in [0.2, 0.25) is 11.8 Å². The molecule has 2 aliphatic rings. The zero-order valence-corrected chi connectivity index (χ0v) is 18.0. The Hall–Kier alpha value is -2.74. The van der Waals surface area contributed by atoms with Crippen LogP contribution in [0.3, 0.4) is 0 Å². The van der Waals surface area contributed by atoms with Crippen LogP contribution in [0.4, 0.5) is 0 Å². The maximum atomic E-state index is 12.3. The van der Waals surface area contributed by atoms with E-state index in [1.54, 1.807) is 0 Å². The van der Waals surface area contributed by atoms with Gasteiger partial charge >= 0.3 is 0 Å². The van der Waals surface area contributed by atoms with Crippen molar-refractivity contribution >= 4 is 11.8 Å². The summed E-state index contributed by atoms with van der Waals surface area (Å²) in [6, 6.07) is 4.14. The molecule has 1 aromatic heterocycles. The van der Waals surface area contributed by atoms with Crippen LogP contribution >= 0.6 is 0 Å². The molecule has 2 aromatic rings. The highest BCUT2D eigenvalue weighted by molar-refractivity contribution is 5.90. The molecular weight excluding hydrogens is 380 g/mol. The minimum absolute atomic E-state index is 0.0643. The molecule has 1 atom stereocenters. The van der Waals surface area contributed by atoms with E-state index in [4.69, 9.17) is 0 Å². The lowest BCUT2D eigenvalue weighted by Gasteiger charge is -2.21. The minimum Gasteiger partial charge on any atom is -0.347 e. The van der Waals surface area contributed by atoms with Crippen LogP contribution < -0.4 is 10.6 Å². The molecule has 160 valence electrons. The van der Waals surface area contributed by atoms with Crippen LogP contribution in [0.25, 0.3) is 0 Å². The van der Waals surface area contributed by atoms with Crippen molar-refractivity contribution in [1.82, 2.24) is 30.3 Å². The van der Waals surface area contributed by atoms with Crippen LogP contribution in [0.2, 0.25) is 0 Å². The standard InChI is InChI=1S/C22H30N6O2/c1-14-10-16(3)17(11-15(14)2)13-27-7-6-19-25-26-20(28(19)9-8-27)12-23-22(30)18-4-5-21(29)24-18/h10-11,18H,4-9,12-13H2,1-3H3,(H,23,30)(H,24,29). The van der Waals surface area contributed by atoms with Gasteiger partial charge in [0.1, 0.15) is 11.9 Å². The quantitative estimate of drug-likeness (QED) is 0.772. The molecule has 1 fully saturated rings. The molecule has 0 bridgehead atoms. The summed E-state index contributed by atoms with van der Waals surface area (Å²) in [6.07, 6.45) is 1.80. The van der Waals surface area contributed by atoms with Gasteiger partial charge in [-0.25, -0.2) is 0 Å². The fourth-order valence-corrected chi connectivity index (χ4v) is 4.25. The minimum atomic E-state index is -0.430. The number of carbonyl (C=O) groups excluding carboxylic acids is 2. The van der Waals surface area contributed by atoms with Crippen molar-refractivity contribution in [3.05, 3.63) is 46.0 Å². The normalized spacial score (nSPS) is 19.3. The Bertz CT molecular complexity index is 967. The maximum Gasteiger partial charge on any atom is 0.242 e. The molecule has 1 saturated heterocycles. The summed E-state index contributed by atoms with van der Waals surface area (Å²) in [5.41, 5.74) is 5.38. The predicted molar refractivity (Wildman–Crippen MR) is 113 cm³/mol. The number of aromatic nitrogens is 3. The number of rotatable bonds is 5. The number of fused-ring (bicyclic) bond motifs is 1. The summed E-state index contributed by atoms with van der Waals surface area (Å²) in [5.74, 6) is 1.52. The smallest absolute Gasteiger partial charge is 0.242 e. The number of aryl methyl sites for hydroxylation is 3. The molecule has 2 N–H and O–H groups in total. The van der Waals surface area contributed by atoms with Crippen LogP contribution in [0, 0.1) is 20.8 Å². The number of nitrogens with zero attached hydrogens (tertiary/aromatic N) is 4. The van der Waals surface area contributed by atoms with Crippen LogP contribution in [0.5, 0.6) is 0 Å². The molecule has 2 aliphatic heterocycles. The summed E-state index contributed by atoms with van der Waals surface area (Å²) in [5, 5.41) is 14.2. The Morgan fingerprint density at radius 1 is 1.10 bits per heavy atom. The van der Waals surface area contributed by atoms with Crippen LogP contribution in [-0.2, 0) is 35.6 Å². The van der Waals surface area contributed by atoms with E-state index in [0.29, 0.717) is 19.4 Å². The second kappa shape index (κ2) is 8.55. The molecule has 30 heavy (non-hydrogen) atoms. The number of hydrogen-bond acceptors (Lipinski definition) is 5. The van der Waals surface area contributed by atoms with E-state index >= 15 is 0 Å². The summed E-state index contributed by atoms with van der Waals surface area (Å²) >= 11 is 0. The van der Waals surface area contributed by atoms with Crippen molar-refractivity contribution in [3.8, 4) is 0 Å². The summed E-state index contributed by atoms with van der Waals surface area (Å²) in [4.78, 5) is 26.0. The lowest BCUT2D eigenvalue weighted by molar-refractivity contribution is -0.125. The first kappa shape index (κ1) is 20.5. The van der Waals surface area contributed by atoms with Gasteiger partial charge in [0, 0.05) is 39.0 Å². The molecule has 8 nitrogen and oxygen atoms in total. The van der Waals surface area contributed by atoms with Crippen molar-refractivity contribution < 1.29 is 9.59 Å². The zero-order chi connectivity index (χ0) is 21.3. The van der Waals surface area contributed by atoms with Gasteiger partial charge in [-0.2, -0.15) is 0 Å². The first-order chi connectivity index (χ1) is 14.4. The highest BCUT2D eigenvalue weighted by atomic mass is 16.2. The molecule has 4 rings (SSSR count). The maximum absolute atomic E-state index is 12.3. The molecule has 8 heteroatoms. The molecule has 2 amide bonds. The average Bonchev–Trinajstić information content (AvgIpc) is 3.26. The molecular formula is C22H30N6O2. The van der Waals surface area contributed by atoms with Gasteiger partial charge in [-0.05, 0) is 49.4 Å². The number of hydrogen-bond donors (Lipinski definition) is 2. The SMILES string of the molecule is Cc1cc(C)c(CN2CCc3nnc(CNC(=O)C4CCC(=O)N4)n3CC2)cc1C. The lowest BCUT2D eigenvalue weighted by atomic mass is 10.0. The number of nitrogens with one attached hydrogen (secondary N) is 2. The molecule has 0 spiro atoms. The summed E-state index contributed by atoms with van der Waals surface area (Å²) in [7, 11) is 0. The number of amides is 2. The third kappa shape index (κ3) is 4.38. The Balaban J connectivity index is 1.36. The van der Waals surface area contributed by atoms with E-state index in [-0.39, 0.29) is 11.8 Å². The van der Waals surface area contributed by atoms with Crippen molar-refractivity contribution in [2.24, 2.45) is 0 Å². The lowest BCUT2D eigenvalue weighted by Crippen LogP contribution is -2.41.